The summed E-state index contributed by atoms with van der Waals surface area (Å²) in [6.07, 6.45) is -1.08. The molecule has 1 amide bonds. The van der Waals surface area contributed by atoms with E-state index in [4.69, 9.17) is 4.74 Å². The van der Waals surface area contributed by atoms with Crippen LogP contribution in [0, 0.1) is 10.1 Å². The molecule has 0 saturated carbocycles. The Morgan fingerprint density at radius 2 is 1.89 bits per heavy atom. The number of ether oxygens (including phenoxy) is 1. The van der Waals surface area contributed by atoms with E-state index in [9.17, 15) is 33.2 Å². The zero-order chi connectivity index (χ0) is 20.8. The minimum absolute atomic E-state index is 0.189. The summed E-state index contributed by atoms with van der Waals surface area (Å²) in [6.45, 7) is 4.75. The van der Waals surface area contributed by atoms with Gasteiger partial charge in [-0.25, -0.2) is 13.2 Å². The fraction of sp³-hybridized carbons (Fsp3) is 0.467. The average Bonchev–Trinajstić information content (AvgIpc) is 2.51. The van der Waals surface area contributed by atoms with Gasteiger partial charge in [0.2, 0.25) is 10.0 Å². The molecule has 0 aliphatic heterocycles. The number of hydrogen-bond donors (Lipinski definition) is 3. The molecule has 0 heterocycles. The molecule has 1 aromatic carbocycles. The molecule has 12 heteroatoms. The van der Waals surface area contributed by atoms with Gasteiger partial charge in [0, 0.05) is 12.6 Å². The van der Waals surface area contributed by atoms with Gasteiger partial charge in [-0.05, 0) is 33.3 Å². The Hall–Kier alpha value is -2.73. The van der Waals surface area contributed by atoms with Crippen LogP contribution in [0.25, 0.3) is 0 Å². The van der Waals surface area contributed by atoms with Crippen LogP contribution in [0.15, 0.2) is 29.2 Å². The highest BCUT2D eigenvalue weighted by molar-refractivity contribution is 7.89. The van der Waals surface area contributed by atoms with Crippen molar-refractivity contribution in [3.63, 3.8) is 0 Å². The summed E-state index contributed by atoms with van der Waals surface area (Å²) in [6, 6.07) is 2.95. The SMILES string of the molecule is CC(C)(C)OC(=O)NCC[C@H](NS(=O)(=O)c1ccccc1[N+](=O)[O-])C(=O)O. The van der Waals surface area contributed by atoms with Crippen LogP contribution < -0.4 is 10.0 Å². The Balaban J connectivity index is 2.84. The van der Waals surface area contributed by atoms with Gasteiger partial charge in [0.15, 0.2) is 4.90 Å². The monoisotopic (exact) mass is 403 g/mol. The molecule has 0 unspecified atom stereocenters. The lowest BCUT2D eigenvalue weighted by atomic mass is 10.2. The molecule has 0 bridgehead atoms. The van der Waals surface area contributed by atoms with E-state index in [0.29, 0.717) is 0 Å². The molecule has 27 heavy (non-hydrogen) atoms. The van der Waals surface area contributed by atoms with Crippen molar-refractivity contribution in [1.82, 2.24) is 10.0 Å². The van der Waals surface area contributed by atoms with Crippen LogP contribution in [-0.4, -0.2) is 48.7 Å². The fourth-order valence-corrected chi connectivity index (χ4v) is 3.35. The summed E-state index contributed by atoms with van der Waals surface area (Å²) in [5.74, 6) is -1.50. The molecule has 150 valence electrons. The molecule has 1 rings (SSSR count). The molecule has 0 fully saturated rings. The standard InChI is InChI=1S/C15H21N3O8S/c1-15(2,3)26-14(21)16-9-8-10(13(19)20)17-27(24,25)12-7-5-4-6-11(12)18(22)23/h4-7,10,17H,8-9H2,1-3H3,(H,16,21)(H,19,20)/t10-/m0/s1. The molecule has 1 aromatic rings. The highest BCUT2D eigenvalue weighted by Gasteiger charge is 2.30. The summed E-state index contributed by atoms with van der Waals surface area (Å²) in [7, 11) is -4.48. The molecule has 0 radical (unpaired) electrons. The van der Waals surface area contributed by atoms with Crippen molar-refractivity contribution >= 4 is 27.8 Å². The zero-order valence-electron chi connectivity index (χ0n) is 15.0. The van der Waals surface area contributed by atoms with Gasteiger partial charge in [0.25, 0.3) is 5.69 Å². The summed E-state index contributed by atoms with van der Waals surface area (Å²) < 4.78 is 31.6. The van der Waals surface area contributed by atoms with Crippen LogP contribution in [-0.2, 0) is 19.6 Å². The third kappa shape index (κ3) is 7.19. The molecule has 0 aliphatic rings. The number of benzene rings is 1. The van der Waals surface area contributed by atoms with Crippen molar-refractivity contribution in [2.75, 3.05) is 6.54 Å². The third-order valence-corrected chi connectivity index (χ3v) is 4.57. The van der Waals surface area contributed by atoms with E-state index < -0.39 is 49.2 Å². The van der Waals surface area contributed by atoms with E-state index in [1.165, 1.54) is 12.1 Å². The van der Waals surface area contributed by atoms with Crippen molar-refractivity contribution < 1.29 is 32.8 Å². The normalized spacial score (nSPS) is 12.9. The first-order chi connectivity index (χ1) is 12.3. The number of nitrogens with zero attached hydrogens (tertiary/aromatic N) is 1. The van der Waals surface area contributed by atoms with Crippen molar-refractivity contribution in [2.24, 2.45) is 0 Å². The zero-order valence-corrected chi connectivity index (χ0v) is 15.8. The smallest absolute Gasteiger partial charge is 0.407 e. The van der Waals surface area contributed by atoms with Gasteiger partial charge in [-0.1, -0.05) is 12.1 Å². The van der Waals surface area contributed by atoms with Crippen molar-refractivity contribution in [3.05, 3.63) is 34.4 Å². The van der Waals surface area contributed by atoms with E-state index >= 15 is 0 Å². The minimum Gasteiger partial charge on any atom is -0.480 e. The predicted octanol–water partition coefficient (Wildman–Crippen LogP) is 1.24. The number of para-hydroxylation sites is 1. The number of sulfonamides is 1. The van der Waals surface area contributed by atoms with Gasteiger partial charge in [0.05, 0.1) is 4.92 Å². The number of rotatable bonds is 8. The Morgan fingerprint density at radius 3 is 2.41 bits per heavy atom. The second-order valence-corrected chi connectivity index (χ2v) is 8.14. The number of hydrogen-bond acceptors (Lipinski definition) is 7. The van der Waals surface area contributed by atoms with Crippen LogP contribution in [0.1, 0.15) is 27.2 Å². The van der Waals surface area contributed by atoms with Gasteiger partial charge < -0.3 is 15.2 Å². The number of carboxylic acids is 1. The summed E-state index contributed by atoms with van der Waals surface area (Å²) in [5, 5.41) is 22.5. The van der Waals surface area contributed by atoms with Gasteiger partial charge >= 0.3 is 12.1 Å². The van der Waals surface area contributed by atoms with Crippen molar-refractivity contribution in [2.45, 2.75) is 43.7 Å². The predicted molar refractivity (Wildman–Crippen MR) is 93.7 cm³/mol. The van der Waals surface area contributed by atoms with Gasteiger partial charge in [-0.2, -0.15) is 4.72 Å². The quantitative estimate of drug-likeness (QED) is 0.431. The second-order valence-electron chi connectivity index (χ2n) is 6.45. The number of amides is 1. The Morgan fingerprint density at radius 1 is 1.30 bits per heavy atom. The number of alkyl carbamates (subject to hydrolysis) is 1. The number of carbonyl (C=O) groups is 2. The largest absolute Gasteiger partial charge is 0.480 e. The minimum atomic E-state index is -4.48. The maximum atomic E-state index is 12.4. The summed E-state index contributed by atoms with van der Waals surface area (Å²) in [5.41, 5.74) is -1.43. The molecular weight excluding hydrogens is 382 g/mol. The highest BCUT2D eigenvalue weighted by Crippen LogP contribution is 2.23. The van der Waals surface area contributed by atoms with Gasteiger partial charge in [0.1, 0.15) is 11.6 Å². The highest BCUT2D eigenvalue weighted by atomic mass is 32.2. The Kier molecular flexibility index (Phi) is 7.25. The average molecular weight is 403 g/mol. The first kappa shape index (κ1) is 22.3. The molecule has 0 aromatic heterocycles. The van der Waals surface area contributed by atoms with Crippen LogP contribution in [0.2, 0.25) is 0 Å². The van der Waals surface area contributed by atoms with Crippen molar-refractivity contribution in [3.8, 4) is 0 Å². The number of carbonyl (C=O) groups excluding carboxylic acids is 1. The number of aliphatic carboxylic acids is 1. The Labute approximate surface area is 155 Å². The van der Waals surface area contributed by atoms with E-state index in [2.05, 4.69) is 5.32 Å². The molecule has 0 spiro atoms. The summed E-state index contributed by atoms with van der Waals surface area (Å²) >= 11 is 0. The first-order valence-corrected chi connectivity index (χ1v) is 9.27. The topological polar surface area (TPSA) is 165 Å². The lowest BCUT2D eigenvalue weighted by Gasteiger charge is -2.20. The van der Waals surface area contributed by atoms with Crippen LogP contribution in [0.3, 0.4) is 0 Å². The number of nitrogens with one attached hydrogen (secondary N) is 2. The van der Waals surface area contributed by atoms with E-state index in [-0.39, 0.29) is 13.0 Å². The van der Waals surface area contributed by atoms with E-state index in [1.807, 2.05) is 4.72 Å². The van der Waals surface area contributed by atoms with Crippen LogP contribution in [0.4, 0.5) is 10.5 Å². The fourth-order valence-electron chi connectivity index (χ4n) is 1.95. The maximum absolute atomic E-state index is 12.4. The van der Waals surface area contributed by atoms with Gasteiger partial charge in [-0.15, -0.1) is 0 Å². The first-order valence-electron chi connectivity index (χ1n) is 7.79. The van der Waals surface area contributed by atoms with E-state index in [0.717, 1.165) is 12.1 Å². The molecule has 0 aliphatic carbocycles. The maximum Gasteiger partial charge on any atom is 0.407 e. The molecular formula is C15H21N3O8S. The van der Waals surface area contributed by atoms with Crippen LogP contribution in [0.5, 0.6) is 0 Å². The Bertz CT molecular complexity index is 817. The lowest BCUT2D eigenvalue weighted by Crippen LogP contribution is -2.43. The number of nitro benzene ring substituents is 1. The number of nitro groups is 1. The molecule has 1 atom stereocenters. The molecule has 0 saturated heterocycles. The number of carboxylic acid groups (broad SMARTS) is 1. The van der Waals surface area contributed by atoms with E-state index in [1.54, 1.807) is 20.8 Å². The van der Waals surface area contributed by atoms with Gasteiger partial charge in [-0.3, -0.25) is 14.9 Å². The lowest BCUT2D eigenvalue weighted by molar-refractivity contribution is -0.387. The second kappa shape index (κ2) is 8.77. The third-order valence-electron chi connectivity index (χ3n) is 3.05. The summed E-state index contributed by atoms with van der Waals surface area (Å²) in [4.78, 5) is 32.3. The molecule has 11 nitrogen and oxygen atoms in total. The molecule has 3 N–H and O–H groups in total. The van der Waals surface area contributed by atoms with Crippen LogP contribution >= 0.6 is 0 Å². The van der Waals surface area contributed by atoms with Crippen molar-refractivity contribution in [1.29, 1.82) is 0 Å².